The molecule has 1 aromatic carbocycles. The van der Waals surface area contributed by atoms with Gasteiger partial charge in [-0.2, -0.15) is 0 Å². The van der Waals surface area contributed by atoms with Crippen molar-refractivity contribution < 1.29 is 9.52 Å². The molecule has 3 nitrogen and oxygen atoms in total. The summed E-state index contributed by atoms with van der Waals surface area (Å²) in [6.45, 7) is -0.124. The number of rotatable bonds is 1. The molecule has 0 aliphatic rings. The van der Waals surface area contributed by atoms with E-state index in [4.69, 9.17) is 9.52 Å². The number of aliphatic hydroxyl groups is 1. The van der Waals surface area contributed by atoms with Gasteiger partial charge in [0.05, 0.1) is 6.20 Å². The fourth-order valence-electron chi connectivity index (χ4n) is 1.20. The Labute approximate surface area is 87.4 Å². The van der Waals surface area contributed by atoms with Crippen molar-refractivity contribution in [1.82, 2.24) is 4.98 Å². The Kier molecular flexibility index (Phi) is 2.82. The van der Waals surface area contributed by atoms with Crippen molar-refractivity contribution >= 4 is 0 Å². The zero-order valence-electron chi connectivity index (χ0n) is 7.97. The van der Waals surface area contributed by atoms with Crippen LogP contribution in [0.5, 0.6) is 0 Å². The summed E-state index contributed by atoms with van der Waals surface area (Å²) in [7, 11) is 0. The Morgan fingerprint density at radius 2 is 2.07 bits per heavy atom. The molecule has 0 bridgehead atoms. The first kappa shape index (κ1) is 9.50. The van der Waals surface area contributed by atoms with Crippen molar-refractivity contribution in [3.8, 4) is 23.3 Å². The van der Waals surface area contributed by atoms with Crippen LogP contribution in [-0.4, -0.2) is 16.7 Å². The number of hydrogen-bond acceptors (Lipinski definition) is 3. The van der Waals surface area contributed by atoms with Crippen molar-refractivity contribution in [3.05, 3.63) is 42.3 Å². The zero-order chi connectivity index (χ0) is 10.5. The van der Waals surface area contributed by atoms with E-state index in [0.717, 1.165) is 11.1 Å². The highest BCUT2D eigenvalue weighted by Gasteiger charge is 2.00. The molecule has 1 N–H and O–H groups in total. The van der Waals surface area contributed by atoms with E-state index in [1.54, 1.807) is 6.20 Å². The maximum atomic E-state index is 8.53. The van der Waals surface area contributed by atoms with Gasteiger partial charge in [-0.05, 0) is 24.3 Å². The van der Waals surface area contributed by atoms with Gasteiger partial charge in [-0.25, -0.2) is 4.98 Å². The van der Waals surface area contributed by atoms with Crippen LogP contribution in [0, 0.1) is 11.8 Å². The molecule has 74 valence electrons. The minimum Gasteiger partial charge on any atom is -0.445 e. The molecular formula is C12H9NO2. The summed E-state index contributed by atoms with van der Waals surface area (Å²) in [6.07, 6.45) is 3.14. The van der Waals surface area contributed by atoms with Crippen LogP contribution in [-0.2, 0) is 0 Å². The number of benzene rings is 1. The number of hydrogen-bond donors (Lipinski definition) is 1. The number of oxazole rings is 1. The molecular weight excluding hydrogens is 190 g/mol. The molecule has 0 atom stereocenters. The largest absolute Gasteiger partial charge is 0.445 e. The summed E-state index contributed by atoms with van der Waals surface area (Å²) in [5, 5.41) is 8.53. The average molecular weight is 199 g/mol. The molecule has 3 heteroatoms. The SMILES string of the molecule is OCC#Cc1ccc(-c2ncco2)cc1. The van der Waals surface area contributed by atoms with Gasteiger partial charge in [-0.15, -0.1) is 0 Å². The van der Waals surface area contributed by atoms with E-state index >= 15 is 0 Å². The van der Waals surface area contributed by atoms with Crippen molar-refractivity contribution in [3.63, 3.8) is 0 Å². The minimum atomic E-state index is -0.124. The third-order valence-electron chi connectivity index (χ3n) is 1.88. The van der Waals surface area contributed by atoms with Crippen LogP contribution in [0.15, 0.2) is 41.1 Å². The molecule has 1 aromatic heterocycles. The van der Waals surface area contributed by atoms with Crippen LogP contribution in [0.2, 0.25) is 0 Å². The molecule has 0 fully saturated rings. The minimum absolute atomic E-state index is 0.124. The molecule has 2 aromatic rings. The second kappa shape index (κ2) is 4.45. The zero-order valence-corrected chi connectivity index (χ0v) is 7.97. The molecule has 15 heavy (non-hydrogen) atoms. The van der Waals surface area contributed by atoms with E-state index in [9.17, 15) is 0 Å². The Morgan fingerprint density at radius 3 is 2.67 bits per heavy atom. The fourth-order valence-corrected chi connectivity index (χ4v) is 1.20. The van der Waals surface area contributed by atoms with E-state index in [1.165, 1.54) is 6.26 Å². The smallest absolute Gasteiger partial charge is 0.225 e. The molecule has 0 aliphatic heterocycles. The van der Waals surface area contributed by atoms with E-state index in [-0.39, 0.29) is 6.61 Å². The van der Waals surface area contributed by atoms with Gasteiger partial charge < -0.3 is 9.52 Å². The Morgan fingerprint density at radius 1 is 1.27 bits per heavy atom. The fraction of sp³-hybridized carbons (Fsp3) is 0.0833. The summed E-state index contributed by atoms with van der Waals surface area (Å²) in [6, 6.07) is 7.49. The first-order valence-electron chi connectivity index (χ1n) is 4.50. The second-order valence-corrected chi connectivity index (χ2v) is 2.87. The van der Waals surface area contributed by atoms with Crippen LogP contribution in [0.1, 0.15) is 5.56 Å². The van der Waals surface area contributed by atoms with Gasteiger partial charge in [0.1, 0.15) is 12.9 Å². The van der Waals surface area contributed by atoms with Gasteiger partial charge in [0.2, 0.25) is 5.89 Å². The maximum absolute atomic E-state index is 8.53. The monoisotopic (exact) mass is 199 g/mol. The Bertz CT molecular complexity index is 475. The summed E-state index contributed by atoms with van der Waals surface area (Å²) in [5.41, 5.74) is 1.77. The highest BCUT2D eigenvalue weighted by molar-refractivity contribution is 5.54. The van der Waals surface area contributed by atoms with Gasteiger partial charge >= 0.3 is 0 Å². The molecule has 2 rings (SSSR count). The maximum Gasteiger partial charge on any atom is 0.225 e. The summed E-state index contributed by atoms with van der Waals surface area (Å²) in [4.78, 5) is 4.04. The number of nitrogens with zero attached hydrogens (tertiary/aromatic N) is 1. The second-order valence-electron chi connectivity index (χ2n) is 2.87. The van der Waals surface area contributed by atoms with Gasteiger partial charge in [-0.3, -0.25) is 0 Å². The first-order valence-corrected chi connectivity index (χ1v) is 4.50. The van der Waals surface area contributed by atoms with E-state index in [0.29, 0.717) is 5.89 Å². The standard InChI is InChI=1S/C12H9NO2/c14-8-1-2-10-3-5-11(6-4-10)12-13-7-9-15-12/h3-7,9,14H,8H2. The predicted molar refractivity (Wildman–Crippen MR) is 55.9 cm³/mol. The van der Waals surface area contributed by atoms with Gasteiger partial charge in [0.15, 0.2) is 0 Å². The lowest BCUT2D eigenvalue weighted by molar-refractivity contribution is 0.350. The van der Waals surface area contributed by atoms with Crippen LogP contribution in [0.25, 0.3) is 11.5 Å². The highest BCUT2D eigenvalue weighted by Crippen LogP contribution is 2.16. The lowest BCUT2D eigenvalue weighted by Crippen LogP contribution is -1.79. The molecule has 0 amide bonds. The molecule has 0 saturated carbocycles. The van der Waals surface area contributed by atoms with E-state index < -0.39 is 0 Å². The van der Waals surface area contributed by atoms with E-state index in [1.807, 2.05) is 24.3 Å². The molecule has 0 radical (unpaired) electrons. The van der Waals surface area contributed by atoms with Crippen molar-refractivity contribution in [2.24, 2.45) is 0 Å². The summed E-state index contributed by atoms with van der Waals surface area (Å²) in [5.74, 6) is 6.00. The lowest BCUT2D eigenvalue weighted by atomic mass is 10.1. The van der Waals surface area contributed by atoms with Gasteiger partial charge in [-0.1, -0.05) is 11.8 Å². The third kappa shape index (κ3) is 2.25. The molecule has 0 unspecified atom stereocenters. The van der Waals surface area contributed by atoms with Crippen LogP contribution >= 0.6 is 0 Å². The first-order chi connectivity index (χ1) is 7.40. The quantitative estimate of drug-likeness (QED) is 0.711. The molecule has 0 saturated heterocycles. The van der Waals surface area contributed by atoms with Crippen molar-refractivity contribution in [2.75, 3.05) is 6.61 Å². The average Bonchev–Trinajstić information content (AvgIpc) is 2.80. The lowest BCUT2D eigenvalue weighted by Gasteiger charge is -1.94. The Hall–Kier alpha value is -2.05. The van der Waals surface area contributed by atoms with Crippen LogP contribution in [0.4, 0.5) is 0 Å². The topological polar surface area (TPSA) is 46.3 Å². The summed E-state index contributed by atoms with van der Waals surface area (Å²) >= 11 is 0. The van der Waals surface area contributed by atoms with Crippen LogP contribution in [0.3, 0.4) is 0 Å². The normalized spacial score (nSPS) is 9.40. The number of aliphatic hydroxyl groups excluding tert-OH is 1. The number of aromatic nitrogens is 1. The van der Waals surface area contributed by atoms with Crippen molar-refractivity contribution in [2.45, 2.75) is 0 Å². The van der Waals surface area contributed by atoms with Gasteiger partial charge in [0.25, 0.3) is 0 Å². The predicted octanol–water partition coefficient (Wildman–Crippen LogP) is 1.69. The van der Waals surface area contributed by atoms with Crippen molar-refractivity contribution in [1.29, 1.82) is 0 Å². The Balaban J connectivity index is 2.25. The third-order valence-corrected chi connectivity index (χ3v) is 1.88. The summed E-state index contributed by atoms with van der Waals surface area (Å²) < 4.78 is 5.15. The molecule has 1 heterocycles. The van der Waals surface area contributed by atoms with Crippen LogP contribution < -0.4 is 0 Å². The van der Waals surface area contributed by atoms with Gasteiger partial charge in [0, 0.05) is 11.1 Å². The van der Waals surface area contributed by atoms with E-state index in [2.05, 4.69) is 16.8 Å². The molecule has 0 spiro atoms. The molecule has 0 aliphatic carbocycles. The highest BCUT2D eigenvalue weighted by atomic mass is 16.3.